The number of hydrogen-bond donors (Lipinski definition) is 1. The van der Waals surface area contributed by atoms with E-state index >= 15 is 0 Å². The molecule has 0 radical (unpaired) electrons. The minimum Gasteiger partial charge on any atom is -0.432 e. The molecule has 9 nitrogen and oxygen atoms in total. The van der Waals surface area contributed by atoms with Gasteiger partial charge in [0.05, 0.1) is 18.8 Å². The highest BCUT2D eigenvalue weighted by Gasteiger charge is 2.36. The smallest absolute Gasteiger partial charge is 0.353 e. The van der Waals surface area contributed by atoms with Crippen molar-refractivity contribution < 1.29 is 36.5 Å². The third-order valence-electron chi connectivity index (χ3n) is 4.35. The highest BCUT2D eigenvalue weighted by molar-refractivity contribution is 5.34. The van der Waals surface area contributed by atoms with E-state index in [1.165, 1.54) is 6.92 Å². The first-order valence-corrected chi connectivity index (χ1v) is 8.29. The number of azide groups is 1. The maximum atomic E-state index is 13.8. The zero-order chi connectivity index (χ0) is 22.2. The molecule has 2 heterocycles. The van der Waals surface area contributed by atoms with E-state index in [1.807, 2.05) is 0 Å². The number of halogens is 5. The summed E-state index contributed by atoms with van der Waals surface area (Å²) in [5, 5.41) is 12.8. The maximum absolute atomic E-state index is 13.8. The van der Waals surface area contributed by atoms with Crippen LogP contribution < -0.4 is 10.4 Å². The number of aliphatic hydroxyl groups excluding tert-OH is 1. The third-order valence-corrected chi connectivity index (χ3v) is 4.35. The molecule has 0 unspecified atom stereocenters. The lowest BCUT2D eigenvalue weighted by atomic mass is 10.1. The van der Waals surface area contributed by atoms with Gasteiger partial charge < -0.3 is 14.6 Å². The minimum absolute atomic E-state index is 0.00470. The van der Waals surface area contributed by atoms with Crippen LogP contribution in [0.5, 0.6) is 11.6 Å². The Kier molecular flexibility index (Phi) is 5.92. The van der Waals surface area contributed by atoms with Crippen LogP contribution in [0.2, 0.25) is 0 Å². The predicted octanol–water partition coefficient (Wildman–Crippen LogP) is 3.00. The van der Waals surface area contributed by atoms with Crippen LogP contribution in [0, 0.1) is 36.0 Å². The summed E-state index contributed by atoms with van der Waals surface area (Å²) in [7, 11) is 0. The number of benzene rings is 1. The molecule has 0 spiro atoms. The summed E-state index contributed by atoms with van der Waals surface area (Å²) in [4.78, 5) is 18.4. The Hall–Kier alpha value is -3.22. The Labute approximate surface area is 163 Å². The highest BCUT2D eigenvalue weighted by atomic mass is 19.2. The minimum atomic E-state index is -2.36. The summed E-state index contributed by atoms with van der Waals surface area (Å²) in [6.07, 6.45) is -0.718. The average Bonchev–Trinajstić information content (AvgIpc) is 3.13. The molecule has 1 aliphatic rings. The van der Waals surface area contributed by atoms with Crippen molar-refractivity contribution in [3.05, 3.63) is 61.8 Å². The number of aliphatic hydroxyl groups is 1. The molecule has 0 aliphatic carbocycles. The molecule has 0 saturated carbocycles. The summed E-state index contributed by atoms with van der Waals surface area (Å²) >= 11 is 0. The first-order valence-electron chi connectivity index (χ1n) is 8.29. The number of hydrogen-bond acceptors (Lipinski definition) is 6. The first-order chi connectivity index (χ1) is 14.2. The summed E-state index contributed by atoms with van der Waals surface area (Å²) in [5.41, 5.74) is 7.51. The number of nitrogens with zero attached hydrogens (tertiary/aromatic N) is 5. The second-order valence-electron chi connectivity index (χ2n) is 6.24. The van der Waals surface area contributed by atoms with Gasteiger partial charge in [-0.3, -0.25) is 4.57 Å². The van der Waals surface area contributed by atoms with Crippen molar-refractivity contribution in [1.29, 1.82) is 0 Å². The molecule has 30 heavy (non-hydrogen) atoms. The SMILES string of the molecule is Cc1cn([C@H]2C[C@H](N=[N+]=[N-])[C@@H](CO)O2)c(=O)nc1Oc1c(F)c(F)c(F)c(F)c1F. The topological polar surface area (TPSA) is 122 Å². The molecule has 160 valence electrons. The number of rotatable bonds is 5. The van der Waals surface area contributed by atoms with Crippen molar-refractivity contribution in [1.82, 2.24) is 9.55 Å². The number of aryl methyl sites for hydroxylation is 1. The van der Waals surface area contributed by atoms with E-state index in [2.05, 4.69) is 15.0 Å². The van der Waals surface area contributed by atoms with E-state index in [4.69, 9.17) is 15.0 Å². The van der Waals surface area contributed by atoms with Crippen LogP contribution in [-0.2, 0) is 4.74 Å². The molecule has 0 bridgehead atoms. The van der Waals surface area contributed by atoms with E-state index in [-0.39, 0.29) is 12.0 Å². The normalized spacial score (nSPS) is 20.8. The van der Waals surface area contributed by atoms with E-state index < -0.39 is 71.4 Å². The average molecular weight is 433 g/mol. The molecule has 1 aliphatic heterocycles. The number of ether oxygens (including phenoxy) is 2. The quantitative estimate of drug-likeness (QED) is 0.194. The van der Waals surface area contributed by atoms with Crippen LogP contribution in [0.1, 0.15) is 18.2 Å². The molecular weight excluding hydrogens is 421 g/mol. The Morgan fingerprint density at radius 1 is 1.27 bits per heavy atom. The Morgan fingerprint density at radius 3 is 2.43 bits per heavy atom. The van der Waals surface area contributed by atoms with Crippen molar-refractivity contribution >= 4 is 0 Å². The number of aromatic nitrogens is 2. The second-order valence-corrected chi connectivity index (χ2v) is 6.24. The molecule has 3 rings (SSSR count). The molecule has 1 aromatic carbocycles. The second kappa shape index (κ2) is 8.26. The van der Waals surface area contributed by atoms with Crippen LogP contribution in [0.15, 0.2) is 16.1 Å². The van der Waals surface area contributed by atoms with Crippen LogP contribution >= 0.6 is 0 Å². The molecule has 1 fully saturated rings. The molecule has 2 aromatic rings. The van der Waals surface area contributed by atoms with Gasteiger partial charge in [0.15, 0.2) is 0 Å². The Balaban J connectivity index is 1.96. The predicted molar refractivity (Wildman–Crippen MR) is 88.1 cm³/mol. The van der Waals surface area contributed by atoms with Gasteiger partial charge in [-0.15, -0.1) is 0 Å². The monoisotopic (exact) mass is 433 g/mol. The molecular formula is C16H12F5N5O4. The van der Waals surface area contributed by atoms with Gasteiger partial charge in [0.1, 0.15) is 6.23 Å². The molecule has 1 N–H and O–H groups in total. The van der Waals surface area contributed by atoms with Gasteiger partial charge >= 0.3 is 5.69 Å². The Morgan fingerprint density at radius 2 is 1.87 bits per heavy atom. The zero-order valence-electron chi connectivity index (χ0n) is 15.0. The van der Waals surface area contributed by atoms with Crippen LogP contribution in [0.3, 0.4) is 0 Å². The van der Waals surface area contributed by atoms with Gasteiger partial charge in [-0.05, 0) is 12.5 Å². The lowest BCUT2D eigenvalue weighted by molar-refractivity contribution is -0.0272. The largest absolute Gasteiger partial charge is 0.432 e. The van der Waals surface area contributed by atoms with Crippen molar-refractivity contribution in [2.45, 2.75) is 31.7 Å². The van der Waals surface area contributed by atoms with E-state index in [0.717, 1.165) is 10.8 Å². The van der Waals surface area contributed by atoms with Crippen molar-refractivity contribution in [3.63, 3.8) is 0 Å². The van der Waals surface area contributed by atoms with Crippen molar-refractivity contribution in [3.8, 4) is 11.6 Å². The van der Waals surface area contributed by atoms with Crippen LogP contribution in [-0.4, -0.2) is 33.4 Å². The van der Waals surface area contributed by atoms with Gasteiger partial charge in [-0.2, -0.15) is 13.8 Å². The molecule has 14 heteroatoms. The van der Waals surface area contributed by atoms with Gasteiger partial charge in [0, 0.05) is 23.1 Å². The summed E-state index contributed by atoms with van der Waals surface area (Å²) < 4.78 is 78.5. The van der Waals surface area contributed by atoms with Crippen LogP contribution in [0.25, 0.3) is 10.4 Å². The fourth-order valence-corrected chi connectivity index (χ4v) is 2.87. The van der Waals surface area contributed by atoms with Crippen molar-refractivity contribution in [2.75, 3.05) is 6.61 Å². The molecule has 0 amide bonds. The molecule has 1 saturated heterocycles. The summed E-state index contributed by atoms with van der Waals surface area (Å²) in [6.45, 7) is 0.816. The van der Waals surface area contributed by atoms with Gasteiger partial charge in [0.2, 0.25) is 40.7 Å². The van der Waals surface area contributed by atoms with E-state index in [0.29, 0.717) is 0 Å². The third kappa shape index (κ3) is 3.67. The summed E-state index contributed by atoms with van der Waals surface area (Å²) in [6, 6.07) is -0.763. The molecule has 1 aromatic heterocycles. The van der Waals surface area contributed by atoms with E-state index in [9.17, 15) is 31.9 Å². The zero-order valence-corrected chi connectivity index (χ0v) is 15.0. The standard InChI is InChI=1S/C16H12F5N5O4/c1-5-3-26(8-2-6(24-25-22)7(4-27)29-8)16(28)23-15(5)30-14-12(20)10(18)9(17)11(19)13(14)21/h3,6-8,27H,2,4H2,1H3/t6-,7+,8+/m0/s1. The molecule has 3 atom stereocenters. The van der Waals surface area contributed by atoms with Gasteiger partial charge in [-0.1, -0.05) is 5.11 Å². The van der Waals surface area contributed by atoms with E-state index in [1.54, 1.807) is 0 Å². The van der Waals surface area contributed by atoms with Crippen LogP contribution in [0.4, 0.5) is 22.0 Å². The fraction of sp³-hybridized carbons (Fsp3) is 0.375. The van der Waals surface area contributed by atoms with Gasteiger partial charge in [0.25, 0.3) is 0 Å². The van der Waals surface area contributed by atoms with Gasteiger partial charge in [-0.25, -0.2) is 18.0 Å². The van der Waals surface area contributed by atoms with Crippen molar-refractivity contribution in [2.24, 2.45) is 5.11 Å². The highest BCUT2D eigenvalue weighted by Crippen LogP contribution is 2.34. The fourth-order valence-electron chi connectivity index (χ4n) is 2.87. The Bertz CT molecular complexity index is 1080. The summed E-state index contributed by atoms with van der Waals surface area (Å²) in [5.74, 6) is -13.5. The first kappa shape index (κ1) is 21.5. The lowest BCUT2D eigenvalue weighted by Crippen LogP contribution is -2.28. The lowest BCUT2D eigenvalue weighted by Gasteiger charge is -2.16. The maximum Gasteiger partial charge on any atom is 0.353 e.